The number of nitrogens with one attached hydrogen (secondary N) is 2. The molecule has 0 unspecified atom stereocenters. The number of H-pyrrole nitrogens is 1. The number of hydrogen-bond acceptors (Lipinski definition) is 4. The van der Waals surface area contributed by atoms with Gasteiger partial charge in [-0.25, -0.2) is 4.68 Å². The first-order valence-electron chi connectivity index (χ1n) is 10.9. The van der Waals surface area contributed by atoms with E-state index in [-0.39, 0.29) is 11.6 Å². The number of quaternary nitrogens is 1. The van der Waals surface area contributed by atoms with Gasteiger partial charge >= 0.3 is 0 Å². The van der Waals surface area contributed by atoms with E-state index >= 15 is 0 Å². The molecule has 2 aromatic heterocycles. The fourth-order valence-electron chi connectivity index (χ4n) is 4.70. The Morgan fingerprint density at radius 3 is 2.65 bits per heavy atom. The molecular weight excluding hydrogens is 388 g/mol. The van der Waals surface area contributed by atoms with Crippen LogP contribution < -0.4 is 10.5 Å². The Hall–Kier alpha value is -3.32. The van der Waals surface area contributed by atoms with Gasteiger partial charge in [0.05, 0.1) is 30.7 Å². The lowest BCUT2D eigenvalue weighted by molar-refractivity contribution is -0.914. The van der Waals surface area contributed by atoms with E-state index in [0.717, 1.165) is 59.3 Å². The van der Waals surface area contributed by atoms with Crippen LogP contribution in [0.15, 0.2) is 53.3 Å². The Balaban J connectivity index is 1.64. The molecule has 31 heavy (non-hydrogen) atoms. The van der Waals surface area contributed by atoms with Gasteiger partial charge in [0.1, 0.15) is 0 Å². The van der Waals surface area contributed by atoms with Crippen molar-refractivity contribution in [2.75, 3.05) is 13.1 Å². The van der Waals surface area contributed by atoms with Crippen LogP contribution >= 0.6 is 0 Å². The van der Waals surface area contributed by atoms with Crippen molar-refractivity contribution in [3.8, 4) is 0 Å². The van der Waals surface area contributed by atoms with Gasteiger partial charge in [0.25, 0.3) is 5.56 Å². The van der Waals surface area contributed by atoms with Crippen LogP contribution in [0.1, 0.15) is 47.0 Å². The zero-order valence-corrected chi connectivity index (χ0v) is 17.9. The fraction of sp³-hybridized carbons (Fsp3) is 0.333. The molecule has 0 radical (unpaired) electrons. The lowest BCUT2D eigenvalue weighted by atomic mass is 10.0. The number of benzene rings is 2. The van der Waals surface area contributed by atoms with Crippen molar-refractivity contribution in [1.82, 2.24) is 25.2 Å². The van der Waals surface area contributed by atoms with E-state index in [1.54, 1.807) is 0 Å². The smallest absolute Gasteiger partial charge is 0.258 e. The normalized spacial score (nSPS) is 15.5. The zero-order chi connectivity index (χ0) is 21.4. The van der Waals surface area contributed by atoms with Crippen LogP contribution in [0.3, 0.4) is 0 Å². The summed E-state index contributed by atoms with van der Waals surface area (Å²) in [5, 5.41) is 13.7. The second kappa shape index (κ2) is 8.07. The van der Waals surface area contributed by atoms with Crippen LogP contribution in [0.4, 0.5) is 0 Å². The Bertz CT molecular complexity index is 1270. The molecule has 1 fully saturated rings. The van der Waals surface area contributed by atoms with Gasteiger partial charge in [-0.2, -0.15) is 0 Å². The summed E-state index contributed by atoms with van der Waals surface area (Å²) in [5.74, 6) is 0.745. The highest BCUT2D eigenvalue weighted by Crippen LogP contribution is 2.23. The van der Waals surface area contributed by atoms with Crippen LogP contribution in [0.25, 0.3) is 10.9 Å². The number of nitrogens with zero attached hydrogens (tertiary/aromatic N) is 4. The third kappa shape index (κ3) is 3.65. The van der Waals surface area contributed by atoms with E-state index in [1.165, 1.54) is 10.5 Å². The van der Waals surface area contributed by atoms with Crippen LogP contribution in [0.5, 0.6) is 0 Å². The van der Waals surface area contributed by atoms with Crippen molar-refractivity contribution >= 4 is 10.9 Å². The van der Waals surface area contributed by atoms with Crippen molar-refractivity contribution < 1.29 is 4.90 Å². The topological polar surface area (TPSA) is 80.9 Å². The highest BCUT2D eigenvalue weighted by molar-refractivity contribution is 5.83. The summed E-state index contributed by atoms with van der Waals surface area (Å²) in [6, 6.07) is 16.2. The molecule has 0 aliphatic carbocycles. The van der Waals surface area contributed by atoms with E-state index in [0.29, 0.717) is 6.54 Å². The van der Waals surface area contributed by atoms with Crippen molar-refractivity contribution in [2.24, 2.45) is 0 Å². The molecule has 1 aliphatic rings. The summed E-state index contributed by atoms with van der Waals surface area (Å²) < 4.78 is 1.84. The summed E-state index contributed by atoms with van der Waals surface area (Å²) in [7, 11) is 0. The van der Waals surface area contributed by atoms with Crippen molar-refractivity contribution in [2.45, 2.75) is 39.3 Å². The number of aryl methyl sites for hydroxylation is 2. The van der Waals surface area contributed by atoms with Crippen LogP contribution in [0, 0.1) is 13.8 Å². The molecule has 1 atom stereocenters. The minimum Gasteiger partial charge on any atom is -0.322 e. The van der Waals surface area contributed by atoms with Gasteiger partial charge in [-0.05, 0) is 52.4 Å². The molecule has 1 saturated heterocycles. The third-order valence-corrected chi connectivity index (χ3v) is 6.54. The molecule has 5 rings (SSSR count). The van der Waals surface area contributed by atoms with Gasteiger partial charge < -0.3 is 9.88 Å². The average Bonchev–Trinajstić information content (AvgIpc) is 3.46. The minimum absolute atomic E-state index is 0.0557. The number of tetrazole rings is 1. The zero-order valence-electron chi connectivity index (χ0n) is 17.9. The number of hydrogen-bond donors (Lipinski definition) is 2. The molecule has 3 heterocycles. The molecule has 0 bridgehead atoms. The Morgan fingerprint density at radius 1 is 1.10 bits per heavy atom. The molecule has 4 aromatic rings. The highest BCUT2D eigenvalue weighted by Gasteiger charge is 2.35. The lowest BCUT2D eigenvalue weighted by Crippen LogP contribution is -3.10. The van der Waals surface area contributed by atoms with Crippen LogP contribution in [0.2, 0.25) is 0 Å². The second-order valence-corrected chi connectivity index (χ2v) is 8.50. The first-order chi connectivity index (χ1) is 15.1. The maximum Gasteiger partial charge on any atom is 0.258 e. The van der Waals surface area contributed by atoms with Gasteiger partial charge in [0.15, 0.2) is 6.04 Å². The summed E-state index contributed by atoms with van der Waals surface area (Å²) >= 11 is 0. The monoisotopic (exact) mass is 415 g/mol. The number of aromatic amines is 1. The molecule has 2 aromatic carbocycles. The maximum atomic E-state index is 13.3. The molecule has 1 aliphatic heterocycles. The van der Waals surface area contributed by atoms with Crippen LogP contribution in [-0.4, -0.2) is 38.3 Å². The third-order valence-electron chi connectivity index (χ3n) is 6.54. The summed E-state index contributed by atoms with van der Waals surface area (Å²) in [4.78, 5) is 17.8. The number of fused-ring (bicyclic) bond motifs is 1. The van der Waals surface area contributed by atoms with Gasteiger partial charge in [-0.3, -0.25) is 4.79 Å². The number of rotatable bonds is 5. The predicted molar refractivity (Wildman–Crippen MR) is 119 cm³/mol. The quantitative estimate of drug-likeness (QED) is 0.522. The molecule has 0 amide bonds. The largest absolute Gasteiger partial charge is 0.322 e. The molecule has 0 saturated carbocycles. The van der Waals surface area contributed by atoms with E-state index in [9.17, 15) is 4.79 Å². The van der Waals surface area contributed by atoms with Crippen molar-refractivity contribution in [3.05, 3.63) is 87.0 Å². The first-order valence-corrected chi connectivity index (χ1v) is 10.9. The molecule has 7 heteroatoms. The molecule has 0 spiro atoms. The number of pyridine rings is 1. The summed E-state index contributed by atoms with van der Waals surface area (Å²) in [6.07, 6.45) is 2.30. The number of aromatic nitrogens is 5. The van der Waals surface area contributed by atoms with Gasteiger partial charge in [-0.1, -0.05) is 42.5 Å². The van der Waals surface area contributed by atoms with E-state index in [1.807, 2.05) is 28.9 Å². The summed E-state index contributed by atoms with van der Waals surface area (Å²) in [5.41, 5.74) is 5.00. The SMILES string of the molecule is Cc1ccc2cc([C@H](c3nnnn3Cc3ccccc3)[NH+]3CCCC3)c(=O)[nH]c2c1C. The van der Waals surface area contributed by atoms with Gasteiger partial charge in [0, 0.05) is 12.8 Å². The average molecular weight is 416 g/mol. The standard InChI is InChI=1S/C24H26N6O/c1-16-10-11-19-14-20(24(31)25-21(19)17(16)2)22(29-12-6-7-13-29)23-26-27-28-30(23)15-18-8-4-3-5-9-18/h3-5,8-11,14,22H,6-7,12-13,15H2,1-2H3,(H,25,31)/p+1/t22-/m1/s1. The predicted octanol–water partition coefficient (Wildman–Crippen LogP) is 1.95. The minimum atomic E-state index is -0.198. The van der Waals surface area contributed by atoms with E-state index in [4.69, 9.17) is 0 Å². The van der Waals surface area contributed by atoms with Crippen molar-refractivity contribution in [1.29, 1.82) is 0 Å². The van der Waals surface area contributed by atoms with Crippen LogP contribution in [-0.2, 0) is 6.54 Å². The Morgan fingerprint density at radius 2 is 1.87 bits per heavy atom. The first kappa shape index (κ1) is 19.6. The highest BCUT2D eigenvalue weighted by atomic mass is 16.1. The van der Waals surface area contributed by atoms with Crippen molar-refractivity contribution in [3.63, 3.8) is 0 Å². The number of likely N-dealkylation sites (tertiary alicyclic amines) is 1. The Kier molecular flexibility index (Phi) is 5.11. The maximum absolute atomic E-state index is 13.3. The lowest BCUT2D eigenvalue weighted by Gasteiger charge is -2.24. The van der Waals surface area contributed by atoms with E-state index in [2.05, 4.69) is 58.6 Å². The molecule has 158 valence electrons. The summed E-state index contributed by atoms with van der Waals surface area (Å²) in [6.45, 7) is 6.71. The second-order valence-electron chi connectivity index (χ2n) is 8.50. The molecule has 7 nitrogen and oxygen atoms in total. The molecule has 2 N–H and O–H groups in total. The fourth-order valence-corrected chi connectivity index (χ4v) is 4.70. The Labute approximate surface area is 180 Å². The molecular formula is C24H27N6O+. The van der Waals surface area contributed by atoms with Gasteiger partial charge in [-0.15, -0.1) is 5.10 Å². The van der Waals surface area contributed by atoms with Gasteiger partial charge in [0.2, 0.25) is 5.82 Å². The van der Waals surface area contributed by atoms with E-state index < -0.39 is 0 Å².